The normalized spacial score (nSPS) is 17.5. The standard InChI is InChI=1S/C14H22N2O2S/c1-12(2)19(17,18)14-6-4-13(5-7-14)16-10-3-8-15-9-11-16/h4-7,12,15H,3,8-11H2,1-2H3. The maximum atomic E-state index is 12.1. The zero-order valence-corrected chi connectivity index (χ0v) is 12.4. The molecule has 0 unspecified atom stereocenters. The van der Waals surface area contributed by atoms with E-state index in [0.29, 0.717) is 4.90 Å². The molecule has 0 aromatic heterocycles. The molecule has 19 heavy (non-hydrogen) atoms. The summed E-state index contributed by atoms with van der Waals surface area (Å²) in [5, 5.41) is 2.99. The molecule has 106 valence electrons. The van der Waals surface area contributed by atoms with E-state index in [0.717, 1.165) is 38.3 Å². The zero-order valence-electron chi connectivity index (χ0n) is 11.6. The highest BCUT2D eigenvalue weighted by molar-refractivity contribution is 7.92. The van der Waals surface area contributed by atoms with Gasteiger partial charge in [0.05, 0.1) is 10.1 Å². The van der Waals surface area contributed by atoms with Crippen LogP contribution in [-0.4, -0.2) is 39.8 Å². The first-order valence-electron chi connectivity index (χ1n) is 6.81. The van der Waals surface area contributed by atoms with E-state index in [4.69, 9.17) is 0 Å². The van der Waals surface area contributed by atoms with Gasteiger partial charge in [0.25, 0.3) is 0 Å². The molecule has 1 aliphatic heterocycles. The number of rotatable bonds is 3. The van der Waals surface area contributed by atoms with Crippen molar-refractivity contribution >= 4 is 15.5 Å². The smallest absolute Gasteiger partial charge is 0.180 e. The Morgan fingerprint density at radius 1 is 1.11 bits per heavy atom. The number of hydrogen-bond acceptors (Lipinski definition) is 4. The molecule has 2 rings (SSSR count). The van der Waals surface area contributed by atoms with Crippen LogP contribution >= 0.6 is 0 Å². The third-order valence-electron chi connectivity index (χ3n) is 3.49. The Morgan fingerprint density at radius 2 is 1.79 bits per heavy atom. The molecule has 0 saturated carbocycles. The Hall–Kier alpha value is -1.07. The predicted octanol–water partition coefficient (Wildman–Crippen LogP) is 1.67. The van der Waals surface area contributed by atoms with Crippen molar-refractivity contribution in [2.45, 2.75) is 30.4 Å². The summed E-state index contributed by atoms with van der Waals surface area (Å²) in [4.78, 5) is 2.71. The van der Waals surface area contributed by atoms with E-state index in [1.54, 1.807) is 26.0 Å². The summed E-state index contributed by atoms with van der Waals surface area (Å²) >= 11 is 0. The molecule has 1 aliphatic rings. The second-order valence-electron chi connectivity index (χ2n) is 5.18. The number of sulfone groups is 1. The molecular formula is C14H22N2O2S. The van der Waals surface area contributed by atoms with Gasteiger partial charge in [0.15, 0.2) is 9.84 Å². The average Bonchev–Trinajstić information content (AvgIpc) is 2.67. The lowest BCUT2D eigenvalue weighted by Crippen LogP contribution is -2.27. The van der Waals surface area contributed by atoms with E-state index >= 15 is 0 Å². The van der Waals surface area contributed by atoms with E-state index in [-0.39, 0.29) is 5.25 Å². The van der Waals surface area contributed by atoms with Gasteiger partial charge in [-0.05, 0) is 51.1 Å². The number of nitrogens with zero attached hydrogens (tertiary/aromatic N) is 1. The maximum absolute atomic E-state index is 12.1. The van der Waals surface area contributed by atoms with E-state index in [2.05, 4.69) is 10.2 Å². The summed E-state index contributed by atoms with van der Waals surface area (Å²) in [7, 11) is -3.16. The molecule has 0 amide bonds. The van der Waals surface area contributed by atoms with Gasteiger partial charge in [0, 0.05) is 25.3 Å². The third kappa shape index (κ3) is 3.28. The van der Waals surface area contributed by atoms with E-state index < -0.39 is 9.84 Å². The molecule has 0 radical (unpaired) electrons. The Bertz CT molecular complexity index is 501. The minimum absolute atomic E-state index is 0.374. The fourth-order valence-corrected chi connectivity index (χ4v) is 3.28. The van der Waals surface area contributed by atoms with Crippen LogP contribution < -0.4 is 10.2 Å². The van der Waals surface area contributed by atoms with Gasteiger partial charge in [-0.15, -0.1) is 0 Å². The maximum Gasteiger partial charge on any atom is 0.180 e. The predicted molar refractivity (Wildman–Crippen MR) is 78.5 cm³/mol. The second kappa shape index (κ2) is 5.92. The number of nitrogens with one attached hydrogen (secondary N) is 1. The van der Waals surface area contributed by atoms with E-state index in [9.17, 15) is 8.42 Å². The minimum Gasteiger partial charge on any atom is -0.370 e. The molecule has 0 bridgehead atoms. The number of anilines is 1. The SMILES string of the molecule is CC(C)S(=O)(=O)c1ccc(N2CCCNCC2)cc1. The van der Waals surface area contributed by atoms with Gasteiger partial charge < -0.3 is 10.2 Å². The molecule has 0 spiro atoms. The average molecular weight is 282 g/mol. The first kappa shape index (κ1) is 14.3. The first-order valence-corrected chi connectivity index (χ1v) is 8.36. The topological polar surface area (TPSA) is 49.4 Å². The summed E-state index contributed by atoms with van der Waals surface area (Å²) in [6.45, 7) is 7.44. The van der Waals surface area contributed by atoms with Crippen molar-refractivity contribution in [1.82, 2.24) is 5.32 Å². The van der Waals surface area contributed by atoms with Gasteiger partial charge in [-0.2, -0.15) is 0 Å². The molecule has 0 atom stereocenters. The van der Waals surface area contributed by atoms with Crippen LogP contribution in [0.15, 0.2) is 29.2 Å². The summed E-state index contributed by atoms with van der Waals surface area (Å²) in [5.74, 6) is 0. The summed E-state index contributed by atoms with van der Waals surface area (Å²) in [6, 6.07) is 7.28. The highest BCUT2D eigenvalue weighted by atomic mass is 32.2. The number of benzene rings is 1. The summed E-state index contributed by atoms with van der Waals surface area (Å²) in [5.41, 5.74) is 1.10. The zero-order chi connectivity index (χ0) is 13.9. The molecule has 1 fully saturated rings. The van der Waals surface area contributed by atoms with Crippen LogP contribution in [-0.2, 0) is 9.84 Å². The lowest BCUT2D eigenvalue weighted by Gasteiger charge is -2.22. The lowest BCUT2D eigenvalue weighted by atomic mass is 10.2. The molecule has 1 saturated heterocycles. The van der Waals surface area contributed by atoms with Crippen LogP contribution in [0.2, 0.25) is 0 Å². The first-order chi connectivity index (χ1) is 9.01. The van der Waals surface area contributed by atoms with Crippen LogP contribution in [0.5, 0.6) is 0 Å². The number of hydrogen-bond donors (Lipinski definition) is 1. The Labute approximate surface area is 115 Å². The van der Waals surface area contributed by atoms with Crippen molar-refractivity contribution in [3.05, 3.63) is 24.3 Å². The minimum atomic E-state index is -3.16. The van der Waals surface area contributed by atoms with Gasteiger partial charge in [0.1, 0.15) is 0 Å². The van der Waals surface area contributed by atoms with Crippen molar-refractivity contribution in [3.8, 4) is 0 Å². The third-order valence-corrected chi connectivity index (χ3v) is 5.66. The van der Waals surface area contributed by atoms with Crippen LogP contribution in [0.25, 0.3) is 0 Å². The van der Waals surface area contributed by atoms with Gasteiger partial charge in [-0.25, -0.2) is 8.42 Å². The van der Waals surface area contributed by atoms with Gasteiger partial charge >= 0.3 is 0 Å². The summed E-state index contributed by atoms with van der Waals surface area (Å²) < 4.78 is 24.1. The van der Waals surface area contributed by atoms with E-state index in [1.807, 2.05) is 12.1 Å². The van der Waals surface area contributed by atoms with Crippen molar-refractivity contribution in [2.75, 3.05) is 31.1 Å². The van der Waals surface area contributed by atoms with Crippen LogP contribution in [0.4, 0.5) is 5.69 Å². The second-order valence-corrected chi connectivity index (χ2v) is 7.68. The van der Waals surface area contributed by atoms with Gasteiger partial charge in [-0.3, -0.25) is 0 Å². The quantitative estimate of drug-likeness (QED) is 0.916. The van der Waals surface area contributed by atoms with Crippen LogP contribution in [0.1, 0.15) is 20.3 Å². The molecule has 0 aliphatic carbocycles. The molecule has 1 N–H and O–H groups in total. The molecule has 1 aromatic carbocycles. The highest BCUT2D eigenvalue weighted by Crippen LogP contribution is 2.21. The molecule has 5 heteroatoms. The molecule has 1 aromatic rings. The van der Waals surface area contributed by atoms with Gasteiger partial charge in [0.2, 0.25) is 0 Å². The van der Waals surface area contributed by atoms with E-state index in [1.165, 1.54) is 0 Å². The van der Waals surface area contributed by atoms with Crippen LogP contribution in [0, 0.1) is 0 Å². The largest absolute Gasteiger partial charge is 0.370 e. The highest BCUT2D eigenvalue weighted by Gasteiger charge is 2.19. The van der Waals surface area contributed by atoms with Gasteiger partial charge in [-0.1, -0.05) is 0 Å². The Kier molecular flexibility index (Phi) is 4.47. The van der Waals surface area contributed by atoms with Crippen molar-refractivity contribution in [1.29, 1.82) is 0 Å². The fraction of sp³-hybridized carbons (Fsp3) is 0.571. The van der Waals surface area contributed by atoms with Crippen molar-refractivity contribution in [2.24, 2.45) is 0 Å². The molecule has 4 nitrogen and oxygen atoms in total. The van der Waals surface area contributed by atoms with Crippen molar-refractivity contribution < 1.29 is 8.42 Å². The monoisotopic (exact) mass is 282 g/mol. The lowest BCUT2D eigenvalue weighted by molar-refractivity contribution is 0.587. The van der Waals surface area contributed by atoms with Crippen molar-refractivity contribution in [3.63, 3.8) is 0 Å². The van der Waals surface area contributed by atoms with Crippen LogP contribution in [0.3, 0.4) is 0 Å². The Morgan fingerprint density at radius 3 is 2.42 bits per heavy atom. The Balaban J connectivity index is 2.18. The fourth-order valence-electron chi connectivity index (χ4n) is 2.22. The summed E-state index contributed by atoms with van der Waals surface area (Å²) in [6.07, 6.45) is 1.12. The molecule has 1 heterocycles. The molecular weight excluding hydrogens is 260 g/mol.